The minimum atomic E-state index is -0.430. The van der Waals surface area contributed by atoms with Crippen molar-refractivity contribution >= 4 is 5.78 Å². The second-order valence-electron chi connectivity index (χ2n) is 4.50. The standard InChI is InChI=1S/C12H15NO2/c13-11-9(14)6-5-8-7-3-1-2-4-10(7)15-12(8)11/h1,3,10-12H,2,4-6,13H2. The van der Waals surface area contributed by atoms with Crippen LogP contribution in [0.4, 0.5) is 0 Å². The number of carbonyl (C=O) groups is 1. The molecule has 1 saturated carbocycles. The quantitative estimate of drug-likeness (QED) is 0.644. The SMILES string of the molecule is NC1C(=O)CCC2=C3C=CCCC3OC21. The van der Waals surface area contributed by atoms with Gasteiger partial charge in [-0.1, -0.05) is 12.2 Å². The molecule has 1 heterocycles. The van der Waals surface area contributed by atoms with E-state index in [1.165, 1.54) is 11.1 Å². The third-order valence-corrected chi connectivity index (χ3v) is 3.60. The van der Waals surface area contributed by atoms with Crippen molar-refractivity contribution in [2.45, 2.75) is 43.9 Å². The maximum absolute atomic E-state index is 11.5. The third-order valence-electron chi connectivity index (χ3n) is 3.60. The third kappa shape index (κ3) is 1.30. The van der Waals surface area contributed by atoms with Crippen molar-refractivity contribution in [3.05, 3.63) is 23.3 Å². The summed E-state index contributed by atoms with van der Waals surface area (Å²) >= 11 is 0. The van der Waals surface area contributed by atoms with Crippen LogP contribution in [0.5, 0.6) is 0 Å². The van der Waals surface area contributed by atoms with Gasteiger partial charge in [0, 0.05) is 6.42 Å². The van der Waals surface area contributed by atoms with E-state index in [4.69, 9.17) is 10.5 Å². The molecular weight excluding hydrogens is 190 g/mol. The first-order valence-corrected chi connectivity index (χ1v) is 5.60. The minimum Gasteiger partial charge on any atom is -0.364 e. The Kier molecular flexibility index (Phi) is 2.04. The van der Waals surface area contributed by atoms with Gasteiger partial charge in [-0.2, -0.15) is 0 Å². The number of ether oxygens (including phenoxy) is 1. The van der Waals surface area contributed by atoms with E-state index in [0.717, 1.165) is 19.3 Å². The van der Waals surface area contributed by atoms with Crippen LogP contribution in [0.1, 0.15) is 25.7 Å². The van der Waals surface area contributed by atoms with E-state index in [-0.39, 0.29) is 18.0 Å². The van der Waals surface area contributed by atoms with Crippen molar-refractivity contribution in [1.82, 2.24) is 0 Å². The highest BCUT2D eigenvalue weighted by Crippen LogP contribution is 2.39. The van der Waals surface area contributed by atoms with Crippen LogP contribution in [0.2, 0.25) is 0 Å². The molecule has 0 saturated heterocycles. The maximum Gasteiger partial charge on any atom is 0.152 e. The van der Waals surface area contributed by atoms with Crippen molar-refractivity contribution in [3.63, 3.8) is 0 Å². The van der Waals surface area contributed by atoms with Gasteiger partial charge in [0.25, 0.3) is 0 Å². The molecule has 0 amide bonds. The van der Waals surface area contributed by atoms with Crippen molar-refractivity contribution in [3.8, 4) is 0 Å². The molecule has 3 aliphatic rings. The Balaban J connectivity index is 1.98. The number of rotatable bonds is 0. The molecule has 3 nitrogen and oxygen atoms in total. The topological polar surface area (TPSA) is 52.3 Å². The molecule has 2 N–H and O–H groups in total. The van der Waals surface area contributed by atoms with E-state index in [2.05, 4.69) is 12.2 Å². The molecule has 0 spiro atoms. The molecule has 3 unspecified atom stereocenters. The zero-order chi connectivity index (χ0) is 10.4. The van der Waals surface area contributed by atoms with E-state index >= 15 is 0 Å². The average Bonchev–Trinajstić information content (AvgIpc) is 2.63. The number of hydrogen-bond acceptors (Lipinski definition) is 3. The molecule has 0 radical (unpaired) electrons. The molecule has 3 heteroatoms. The van der Waals surface area contributed by atoms with Crippen LogP contribution in [0.15, 0.2) is 23.3 Å². The van der Waals surface area contributed by atoms with Gasteiger partial charge in [0.05, 0.1) is 12.1 Å². The van der Waals surface area contributed by atoms with Gasteiger partial charge in [-0.05, 0) is 30.4 Å². The zero-order valence-corrected chi connectivity index (χ0v) is 8.61. The number of nitrogens with two attached hydrogens (primary N) is 1. The largest absolute Gasteiger partial charge is 0.364 e. The Morgan fingerprint density at radius 3 is 3.13 bits per heavy atom. The van der Waals surface area contributed by atoms with E-state index in [9.17, 15) is 4.79 Å². The Morgan fingerprint density at radius 1 is 1.40 bits per heavy atom. The highest BCUT2D eigenvalue weighted by atomic mass is 16.5. The van der Waals surface area contributed by atoms with Crippen LogP contribution in [-0.2, 0) is 9.53 Å². The summed E-state index contributed by atoms with van der Waals surface area (Å²) in [5.41, 5.74) is 8.47. The summed E-state index contributed by atoms with van der Waals surface area (Å²) in [6.45, 7) is 0. The summed E-state index contributed by atoms with van der Waals surface area (Å²) in [4.78, 5) is 11.5. The Bertz CT molecular complexity index is 370. The summed E-state index contributed by atoms with van der Waals surface area (Å²) in [7, 11) is 0. The first kappa shape index (κ1) is 9.31. The summed E-state index contributed by atoms with van der Waals surface area (Å²) in [6, 6.07) is -0.430. The summed E-state index contributed by atoms with van der Waals surface area (Å²) in [6.07, 6.45) is 7.94. The van der Waals surface area contributed by atoms with Crippen molar-refractivity contribution < 1.29 is 9.53 Å². The molecular formula is C12H15NO2. The normalized spacial score (nSPS) is 39.3. The van der Waals surface area contributed by atoms with Gasteiger partial charge in [-0.3, -0.25) is 4.79 Å². The Hall–Kier alpha value is -0.930. The van der Waals surface area contributed by atoms with Crippen molar-refractivity contribution in [2.75, 3.05) is 0 Å². The van der Waals surface area contributed by atoms with Crippen LogP contribution < -0.4 is 5.73 Å². The van der Waals surface area contributed by atoms with Gasteiger partial charge in [0.1, 0.15) is 6.10 Å². The van der Waals surface area contributed by atoms with Gasteiger partial charge < -0.3 is 10.5 Å². The number of allylic oxidation sites excluding steroid dienone is 1. The molecule has 3 rings (SSSR count). The number of carbonyl (C=O) groups excluding carboxylic acids is 1. The van der Waals surface area contributed by atoms with Gasteiger partial charge in [0.2, 0.25) is 0 Å². The lowest BCUT2D eigenvalue weighted by Gasteiger charge is -2.26. The highest BCUT2D eigenvalue weighted by Gasteiger charge is 2.42. The summed E-state index contributed by atoms with van der Waals surface area (Å²) in [5.74, 6) is 0.145. The molecule has 2 aliphatic carbocycles. The molecule has 1 aliphatic heterocycles. The number of fused-ring (bicyclic) bond motifs is 2. The predicted molar refractivity (Wildman–Crippen MR) is 56.3 cm³/mol. The lowest BCUT2D eigenvalue weighted by molar-refractivity contribution is -0.124. The molecule has 3 atom stereocenters. The second kappa shape index (κ2) is 3.29. The lowest BCUT2D eigenvalue weighted by atomic mass is 9.84. The minimum absolute atomic E-state index is 0.131. The monoisotopic (exact) mass is 205 g/mol. The van der Waals surface area contributed by atoms with Crippen molar-refractivity contribution in [2.24, 2.45) is 5.73 Å². The maximum atomic E-state index is 11.5. The molecule has 15 heavy (non-hydrogen) atoms. The molecule has 0 aromatic heterocycles. The van der Waals surface area contributed by atoms with Crippen LogP contribution in [0.25, 0.3) is 0 Å². The van der Waals surface area contributed by atoms with Crippen LogP contribution in [-0.4, -0.2) is 24.0 Å². The van der Waals surface area contributed by atoms with Crippen LogP contribution >= 0.6 is 0 Å². The first-order chi connectivity index (χ1) is 7.27. The van der Waals surface area contributed by atoms with Crippen LogP contribution in [0, 0.1) is 0 Å². The molecule has 1 fully saturated rings. The average molecular weight is 205 g/mol. The van der Waals surface area contributed by atoms with E-state index in [0.29, 0.717) is 6.42 Å². The first-order valence-electron chi connectivity index (χ1n) is 5.60. The fourth-order valence-corrected chi connectivity index (χ4v) is 2.78. The molecule has 0 bridgehead atoms. The fraction of sp³-hybridized carbons (Fsp3) is 0.583. The molecule has 0 aromatic rings. The highest BCUT2D eigenvalue weighted by molar-refractivity contribution is 5.87. The zero-order valence-electron chi connectivity index (χ0n) is 8.61. The summed E-state index contributed by atoms with van der Waals surface area (Å²) < 4.78 is 5.88. The van der Waals surface area contributed by atoms with Gasteiger partial charge in [0.15, 0.2) is 5.78 Å². The van der Waals surface area contributed by atoms with Gasteiger partial charge in [-0.15, -0.1) is 0 Å². The Morgan fingerprint density at radius 2 is 2.27 bits per heavy atom. The fourth-order valence-electron chi connectivity index (χ4n) is 2.78. The van der Waals surface area contributed by atoms with E-state index in [1.807, 2.05) is 0 Å². The van der Waals surface area contributed by atoms with E-state index in [1.54, 1.807) is 0 Å². The molecule has 0 aromatic carbocycles. The smallest absolute Gasteiger partial charge is 0.152 e. The van der Waals surface area contributed by atoms with Crippen molar-refractivity contribution in [1.29, 1.82) is 0 Å². The number of hydrogen-bond donors (Lipinski definition) is 1. The number of ketones is 1. The van der Waals surface area contributed by atoms with Crippen LogP contribution in [0.3, 0.4) is 0 Å². The van der Waals surface area contributed by atoms with E-state index < -0.39 is 6.04 Å². The van der Waals surface area contributed by atoms with Gasteiger partial charge >= 0.3 is 0 Å². The Labute approximate surface area is 89.0 Å². The van der Waals surface area contributed by atoms with Gasteiger partial charge in [-0.25, -0.2) is 0 Å². The number of Topliss-reactive ketones (excluding diaryl/α,β-unsaturated/α-hetero) is 1. The predicted octanol–water partition coefficient (Wildman–Crippen LogP) is 1.09. The lowest BCUT2D eigenvalue weighted by Crippen LogP contribution is -2.46. The molecule has 80 valence electrons. The second-order valence-corrected chi connectivity index (χ2v) is 4.50. The summed E-state index contributed by atoms with van der Waals surface area (Å²) in [5, 5.41) is 0.